The number of nitrogens with two attached hydrogens (primary N) is 1. The summed E-state index contributed by atoms with van der Waals surface area (Å²) < 4.78 is 0. The quantitative estimate of drug-likeness (QED) is 0.362. The summed E-state index contributed by atoms with van der Waals surface area (Å²) in [6, 6.07) is 6.80. The Morgan fingerprint density at radius 3 is 2.38 bits per heavy atom. The van der Waals surface area contributed by atoms with Crippen LogP contribution < -0.4 is 11.1 Å². The van der Waals surface area contributed by atoms with Gasteiger partial charge < -0.3 is 11.1 Å². The molecule has 0 radical (unpaired) electrons. The molecule has 2 amide bonds. The number of rotatable bonds is 5. The highest BCUT2D eigenvalue weighted by Crippen LogP contribution is 2.21. The van der Waals surface area contributed by atoms with Crippen LogP contribution in [0.15, 0.2) is 41.4 Å². The zero-order valence-corrected chi connectivity index (χ0v) is 11.9. The van der Waals surface area contributed by atoms with Crippen LogP contribution in [0.2, 0.25) is 0 Å². The molecule has 0 atom stereocenters. The minimum atomic E-state index is -0.269. The van der Waals surface area contributed by atoms with Crippen molar-refractivity contribution < 1.29 is 9.59 Å². The van der Waals surface area contributed by atoms with E-state index in [0.717, 1.165) is 5.57 Å². The smallest absolute Gasteiger partial charge is 0.261 e. The predicted molar refractivity (Wildman–Crippen MR) is 81.1 cm³/mol. The van der Waals surface area contributed by atoms with Gasteiger partial charge in [-0.3, -0.25) is 14.5 Å². The van der Waals surface area contributed by atoms with Gasteiger partial charge >= 0.3 is 0 Å². The summed E-state index contributed by atoms with van der Waals surface area (Å²) in [7, 11) is 0. The van der Waals surface area contributed by atoms with E-state index in [1.807, 2.05) is 6.92 Å². The molecule has 110 valence electrons. The molecular weight excluding hydrogens is 268 g/mol. The van der Waals surface area contributed by atoms with Gasteiger partial charge in [0.25, 0.3) is 11.8 Å². The Balaban J connectivity index is 1.91. The molecule has 6 nitrogen and oxygen atoms in total. The zero-order chi connectivity index (χ0) is 15.4. The number of benzene rings is 1. The summed E-state index contributed by atoms with van der Waals surface area (Å²) in [4.78, 5) is 29.5. The molecule has 0 aliphatic carbocycles. The molecule has 1 aromatic rings. The Morgan fingerprint density at radius 2 is 1.86 bits per heavy atom. The lowest BCUT2D eigenvalue weighted by Gasteiger charge is -2.14. The molecule has 1 heterocycles. The van der Waals surface area contributed by atoms with Gasteiger partial charge in [-0.2, -0.15) is 0 Å². The number of hydrogen-bond donors (Lipinski definition) is 2. The largest absolute Gasteiger partial charge is 0.370 e. The number of hydrogen-bond acceptors (Lipinski definition) is 3. The molecule has 0 bridgehead atoms. The first-order valence-corrected chi connectivity index (χ1v) is 6.64. The van der Waals surface area contributed by atoms with Crippen molar-refractivity contribution >= 4 is 17.8 Å². The van der Waals surface area contributed by atoms with Gasteiger partial charge in [0.2, 0.25) is 0 Å². The molecule has 0 aromatic heterocycles. The fourth-order valence-electron chi connectivity index (χ4n) is 2.01. The second-order valence-electron chi connectivity index (χ2n) is 4.89. The summed E-state index contributed by atoms with van der Waals surface area (Å²) in [6.45, 7) is 6.64. The molecule has 0 fully saturated rings. The third-order valence-corrected chi connectivity index (χ3v) is 3.04. The molecule has 0 saturated heterocycles. The molecule has 0 spiro atoms. The summed E-state index contributed by atoms with van der Waals surface area (Å²) in [5.74, 6) is -0.265. The third-order valence-electron chi connectivity index (χ3n) is 3.04. The van der Waals surface area contributed by atoms with Crippen LogP contribution in [0.1, 0.15) is 27.6 Å². The number of fused-ring (bicyclic) bond motifs is 1. The van der Waals surface area contributed by atoms with Crippen LogP contribution in [0.4, 0.5) is 0 Å². The third kappa shape index (κ3) is 3.28. The lowest BCUT2D eigenvalue weighted by molar-refractivity contribution is 0.0657. The minimum absolute atomic E-state index is 0.246. The molecule has 1 aliphatic heterocycles. The highest BCUT2D eigenvalue weighted by Gasteiger charge is 2.34. The maximum Gasteiger partial charge on any atom is 0.261 e. The number of guanidine groups is 1. The Bertz CT molecular complexity index is 587. The van der Waals surface area contributed by atoms with Crippen LogP contribution in [-0.2, 0) is 0 Å². The predicted octanol–water partition coefficient (Wildman–Crippen LogP) is 0.763. The van der Waals surface area contributed by atoms with Crippen LogP contribution >= 0.6 is 0 Å². The first-order valence-electron chi connectivity index (χ1n) is 6.64. The minimum Gasteiger partial charge on any atom is -0.370 e. The number of nitrogens with one attached hydrogen (secondary N) is 1. The fourth-order valence-corrected chi connectivity index (χ4v) is 2.01. The van der Waals surface area contributed by atoms with Gasteiger partial charge in [-0.05, 0) is 19.1 Å². The molecule has 1 aromatic carbocycles. The average molecular weight is 286 g/mol. The van der Waals surface area contributed by atoms with E-state index in [2.05, 4.69) is 16.9 Å². The lowest BCUT2D eigenvalue weighted by Crippen LogP contribution is -2.40. The number of aliphatic imine (C=N–C) groups is 1. The number of carbonyl (C=O) groups excluding carboxylic acids is 2. The molecule has 0 saturated carbocycles. The van der Waals surface area contributed by atoms with E-state index >= 15 is 0 Å². The number of carbonyl (C=O) groups is 2. The maximum atomic E-state index is 12.1. The van der Waals surface area contributed by atoms with E-state index in [1.54, 1.807) is 24.3 Å². The molecule has 3 N–H and O–H groups in total. The summed E-state index contributed by atoms with van der Waals surface area (Å²) in [5, 5.41) is 2.87. The van der Waals surface area contributed by atoms with Crippen molar-refractivity contribution in [3.05, 3.63) is 47.5 Å². The van der Waals surface area contributed by atoms with Crippen LogP contribution in [0, 0.1) is 0 Å². The van der Waals surface area contributed by atoms with Gasteiger partial charge in [0.15, 0.2) is 5.96 Å². The van der Waals surface area contributed by atoms with Crippen LogP contribution in [0.5, 0.6) is 0 Å². The average Bonchev–Trinajstić information content (AvgIpc) is 2.70. The number of imide groups is 1. The second kappa shape index (κ2) is 6.21. The van der Waals surface area contributed by atoms with Crippen LogP contribution in [0.25, 0.3) is 0 Å². The van der Waals surface area contributed by atoms with Gasteiger partial charge in [-0.1, -0.05) is 24.3 Å². The Hall–Kier alpha value is -2.63. The summed E-state index contributed by atoms with van der Waals surface area (Å²) >= 11 is 0. The highest BCUT2D eigenvalue weighted by molar-refractivity contribution is 6.21. The van der Waals surface area contributed by atoms with Gasteiger partial charge in [-0.15, -0.1) is 0 Å². The van der Waals surface area contributed by atoms with Gasteiger partial charge in [0, 0.05) is 13.1 Å². The van der Waals surface area contributed by atoms with Crippen molar-refractivity contribution in [1.82, 2.24) is 10.2 Å². The van der Waals surface area contributed by atoms with Crippen molar-refractivity contribution in [2.24, 2.45) is 10.7 Å². The molecular formula is C15H18N4O2. The topological polar surface area (TPSA) is 87.8 Å². The van der Waals surface area contributed by atoms with E-state index in [1.165, 1.54) is 4.90 Å². The van der Waals surface area contributed by atoms with Gasteiger partial charge in [-0.25, -0.2) is 4.99 Å². The SMILES string of the molecule is C=C(C)CN=C(N)NCCN1C(=O)c2ccccc2C1=O. The number of nitrogens with zero attached hydrogens (tertiary/aromatic N) is 2. The van der Waals surface area contributed by atoms with Crippen LogP contribution in [0.3, 0.4) is 0 Å². The normalized spacial score (nSPS) is 14.3. The van der Waals surface area contributed by atoms with Crippen molar-refractivity contribution in [1.29, 1.82) is 0 Å². The van der Waals surface area contributed by atoms with Crippen molar-refractivity contribution in [2.75, 3.05) is 19.6 Å². The summed E-state index contributed by atoms with van der Waals surface area (Å²) in [5.41, 5.74) is 7.47. The molecule has 6 heteroatoms. The molecule has 21 heavy (non-hydrogen) atoms. The maximum absolute atomic E-state index is 12.1. The van der Waals surface area contributed by atoms with Gasteiger partial charge in [0.1, 0.15) is 0 Å². The van der Waals surface area contributed by atoms with E-state index in [4.69, 9.17) is 5.73 Å². The first kappa shape index (κ1) is 14.8. The Labute approximate surface area is 123 Å². The Morgan fingerprint density at radius 1 is 1.29 bits per heavy atom. The standard InChI is InChI=1S/C15H18N4O2/c1-10(2)9-18-15(16)17-7-8-19-13(20)11-5-3-4-6-12(11)14(19)21/h3-6H,1,7-9H2,2H3,(H3,16,17,18). The van der Waals surface area contributed by atoms with Gasteiger partial charge in [0.05, 0.1) is 17.7 Å². The zero-order valence-electron chi connectivity index (χ0n) is 11.9. The summed E-state index contributed by atoms with van der Waals surface area (Å²) in [6.07, 6.45) is 0. The highest BCUT2D eigenvalue weighted by atomic mass is 16.2. The number of amides is 2. The van der Waals surface area contributed by atoms with Crippen molar-refractivity contribution in [2.45, 2.75) is 6.92 Å². The van der Waals surface area contributed by atoms with Crippen molar-refractivity contribution in [3.63, 3.8) is 0 Å². The van der Waals surface area contributed by atoms with E-state index in [-0.39, 0.29) is 24.3 Å². The van der Waals surface area contributed by atoms with E-state index in [0.29, 0.717) is 24.2 Å². The molecule has 2 rings (SSSR count). The lowest BCUT2D eigenvalue weighted by atomic mass is 10.1. The monoisotopic (exact) mass is 286 g/mol. The Kier molecular flexibility index (Phi) is 4.37. The molecule has 1 aliphatic rings. The van der Waals surface area contributed by atoms with E-state index < -0.39 is 0 Å². The van der Waals surface area contributed by atoms with Crippen LogP contribution in [-0.4, -0.2) is 42.3 Å². The fraction of sp³-hybridized carbons (Fsp3) is 0.267. The van der Waals surface area contributed by atoms with E-state index in [9.17, 15) is 9.59 Å². The van der Waals surface area contributed by atoms with Crippen molar-refractivity contribution in [3.8, 4) is 0 Å². The first-order chi connectivity index (χ1) is 10.0. The second-order valence-corrected chi connectivity index (χ2v) is 4.89. The molecule has 0 unspecified atom stereocenters.